The molecule has 1 nitrogen and oxygen atoms in total. The Kier molecular flexibility index (Phi) is 8.80. The first kappa shape index (κ1) is 24.9. The van der Waals surface area contributed by atoms with E-state index in [-0.39, 0.29) is 5.75 Å². The van der Waals surface area contributed by atoms with Gasteiger partial charge in [-0.1, -0.05) is 75.4 Å². The van der Waals surface area contributed by atoms with E-state index < -0.39 is 11.6 Å². The smallest absolute Gasteiger partial charge is 0.201 e. The molecule has 0 radical (unpaired) electrons. The van der Waals surface area contributed by atoms with E-state index >= 15 is 0 Å². The minimum atomic E-state index is -0.888. The first-order valence-corrected chi connectivity index (χ1v) is 13.5. The maximum absolute atomic E-state index is 14.8. The number of rotatable bonds is 12. The lowest BCUT2D eigenvalue weighted by atomic mass is 9.85. The molecule has 0 spiro atoms. The van der Waals surface area contributed by atoms with Crippen LogP contribution in [-0.4, -0.2) is 6.61 Å². The zero-order valence-electron chi connectivity index (χ0n) is 20.9. The predicted octanol–water partition coefficient (Wildman–Crippen LogP) is 9.30. The number of ether oxygens (including phenoxy) is 1. The minimum Gasteiger partial charge on any atom is -0.490 e. The van der Waals surface area contributed by atoms with Crippen LogP contribution in [0.4, 0.5) is 8.78 Å². The number of benzene rings is 2. The highest BCUT2D eigenvalue weighted by molar-refractivity contribution is 5.65. The van der Waals surface area contributed by atoms with Crippen LogP contribution >= 0.6 is 0 Å². The SMILES string of the molecule is CCCCCCOc1ccc(-c2ccc(CCC3CCC4C(CCC)=CCC34)cc2)c(F)c1F. The molecule has 0 N–H and O–H groups in total. The molecular formula is C31H40F2O. The van der Waals surface area contributed by atoms with Crippen molar-refractivity contribution in [3.63, 3.8) is 0 Å². The van der Waals surface area contributed by atoms with Crippen molar-refractivity contribution in [2.24, 2.45) is 17.8 Å². The first-order valence-electron chi connectivity index (χ1n) is 13.5. The van der Waals surface area contributed by atoms with E-state index in [1.54, 1.807) is 17.7 Å². The summed E-state index contributed by atoms with van der Waals surface area (Å²) >= 11 is 0. The standard InChI is InChI=1S/C31H40F2O/c1-3-5-6-7-21-34-29-20-19-28(30(32)31(29)33)25-13-10-22(11-14-25)9-12-24-16-18-26-23(8-4-2)15-17-27(24)26/h10-11,13-15,19-20,24,26-27H,3-9,12,16-18,21H2,1-2H3. The summed E-state index contributed by atoms with van der Waals surface area (Å²) in [6.07, 6.45) is 15.5. The van der Waals surface area contributed by atoms with E-state index in [0.29, 0.717) is 17.7 Å². The van der Waals surface area contributed by atoms with Gasteiger partial charge in [-0.3, -0.25) is 0 Å². The maximum Gasteiger partial charge on any atom is 0.201 e. The van der Waals surface area contributed by atoms with Crippen LogP contribution in [0, 0.1) is 29.4 Å². The Labute approximate surface area is 204 Å². The lowest BCUT2D eigenvalue weighted by Crippen LogP contribution is -2.12. The fourth-order valence-electron chi connectivity index (χ4n) is 6.12. The fraction of sp³-hybridized carbons (Fsp3) is 0.548. The number of unbranched alkanes of at least 4 members (excludes halogenated alkanes) is 3. The molecule has 0 amide bonds. The molecule has 1 saturated carbocycles. The maximum atomic E-state index is 14.8. The third-order valence-corrected chi connectivity index (χ3v) is 8.01. The number of fused-ring (bicyclic) bond motifs is 1. The summed E-state index contributed by atoms with van der Waals surface area (Å²) in [6, 6.07) is 11.2. The Morgan fingerprint density at radius 2 is 1.68 bits per heavy atom. The summed E-state index contributed by atoms with van der Waals surface area (Å²) in [5.74, 6) is 0.802. The lowest BCUT2D eigenvalue weighted by molar-refractivity contribution is 0.285. The van der Waals surface area contributed by atoms with Gasteiger partial charge >= 0.3 is 0 Å². The summed E-state index contributed by atoms with van der Waals surface area (Å²) in [6.45, 7) is 4.84. The average molecular weight is 467 g/mol. The van der Waals surface area contributed by atoms with E-state index in [2.05, 4.69) is 32.1 Å². The molecule has 4 rings (SSSR count). The van der Waals surface area contributed by atoms with Crippen molar-refractivity contribution in [2.45, 2.75) is 84.5 Å². The van der Waals surface area contributed by atoms with Gasteiger partial charge in [-0.05, 0) is 86.0 Å². The molecule has 0 aromatic heterocycles. The van der Waals surface area contributed by atoms with Crippen LogP contribution in [0.1, 0.15) is 83.6 Å². The number of hydrogen-bond donors (Lipinski definition) is 0. The number of hydrogen-bond acceptors (Lipinski definition) is 1. The van der Waals surface area contributed by atoms with Crippen LogP contribution < -0.4 is 4.74 Å². The normalized spacial score (nSPS) is 21.5. The molecule has 0 saturated heterocycles. The Morgan fingerprint density at radius 1 is 0.853 bits per heavy atom. The average Bonchev–Trinajstić information content (AvgIpc) is 3.44. The monoisotopic (exact) mass is 466 g/mol. The van der Waals surface area contributed by atoms with Gasteiger partial charge in [0.25, 0.3) is 0 Å². The minimum absolute atomic E-state index is 0.00716. The largest absolute Gasteiger partial charge is 0.490 e. The van der Waals surface area contributed by atoms with Crippen molar-refractivity contribution in [1.82, 2.24) is 0 Å². The molecule has 2 aromatic carbocycles. The summed E-state index contributed by atoms with van der Waals surface area (Å²) in [5.41, 5.74) is 4.00. The van der Waals surface area contributed by atoms with E-state index in [1.165, 1.54) is 44.1 Å². The van der Waals surface area contributed by atoms with E-state index in [9.17, 15) is 8.78 Å². The van der Waals surface area contributed by atoms with Crippen LogP contribution in [0.2, 0.25) is 0 Å². The molecule has 34 heavy (non-hydrogen) atoms. The topological polar surface area (TPSA) is 9.23 Å². The van der Waals surface area contributed by atoms with Gasteiger partial charge in [0.15, 0.2) is 11.6 Å². The number of allylic oxidation sites excluding steroid dienone is 2. The van der Waals surface area contributed by atoms with Gasteiger partial charge in [-0.15, -0.1) is 0 Å². The molecule has 0 bridgehead atoms. The second-order valence-electron chi connectivity index (χ2n) is 10.3. The second-order valence-corrected chi connectivity index (χ2v) is 10.3. The molecule has 2 aromatic rings. The summed E-state index contributed by atoms with van der Waals surface area (Å²) in [7, 11) is 0. The van der Waals surface area contributed by atoms with Crippen molar-refractivity contribution in [3.05, 3.63) is 65.2 Å². The van der Waals surface area contributed by atoms with Gasteiger partial charge in [0.1, 0.15) is 0 Å². The quantitative estimate of drug-likeness (QED) is 0.224. The molecule has 3 heteroatoms. The van der Waals surface area contributed by atoms with Crippen molar-refractivity contribution in [1.29, 1.82) is 0 Å². The van der Waals surface area contributed by atoms with Gasteiger partial charge < -0.3 is 4.74 Å². The third kappa shape index (κ3) is 5.73. The molecule has 3 atom stereocenters. The zero-order chi connectivity index (χ0) is 23.9. The van der Waals surface area contributed by atoms with Crippen molar-refractivity contribution in [3.8, 4) is 16.9 Å². The number of aryl methyl sites for hydroxylation is 1. The Morgan fingerprint density at radius 3 is 2.44 bits per heavy atom. The molecule has 0 heterocycles. The van der Waals surface area contributed by atoms with Gasteiger partial charge in [0.2, 0.25) is 5.82 Å². The van der Waals surface area contributed by atoms with Gasteiger partial charge in [0.05, 0.1) is 6.61 Å². The van der Waals surface area contributed by atoms with E-state index in [4.69, 9.17) is 4.74 Å². The molecule has 1 fully saturated rings. The van der Waals surface area contributed by atoms with Crippen LogP contribution in [0.3, 0.4) is 0 Å². The molecular weight excluding hydrogens is 426 g/mol. The molecule has 2 aliphatic rings. The highest BCUT2D eigenvalue weighted by Crippen LogP contribution is 2.50. The lowest BCUT2D eigenvalue weighted by Gasteiger charge is -2.20. The Bertz CT molecular complexity index is 962. The molecule has 184 valence electrons. The van der Waals surface area contributed by atoms with Crippen LogP contribution in [-0.2, 0) is 6.42 Å². The zero-order valence-corrected chi connectivity index (χ0v) is 20.9. The van der Waals surface area contributed by atoms with Gasteiger partial charge in [-0.2, -0.15) is 4.39 Å². The molecule has 3 unspecified atom stereocenters. The van der Waals surface area contributed by atoms with Crippen molar-refractivity contribution >= 4 is 0 Å². The van der Waals surface area contributed by atoms with Crippen molar-refractivity contribution < 1.29 is 13.5 Å². The van der Waals surface area contributed by atoms with Crippen molar-refractivity contribution in [2.75, 3.05) is 6.61 Å². The summed E-state index contributed by atoms with van der Waals surface area (Å²) in [4.78, 5) is 0. The van der Waals surface area contributed by atoms with Gasteiger partial charge in [-0.25, -0.2) is 4.39 Å². The van der Waals surface area contributed by atoms with E-state index in [0.717, 1.165) is 49.9 Å². The fourth-order valence-corrected chi connectivity index (χ4v) is 6.12. The Hall–Kier alpha value is -2.16. The molecule has 2 aliphatic carbocycles. The second kappa shape index (κ2) is 12.0. The summed E-state index contributed by atoms with van der Waals surface area (Å²) in [5, 5.41) is 0. The third-order valence-electron chi connectivity index (χ3n) is 8.01. The van der Waals surface area contributed by atoms with Gasteiger partial charge in [0, 0.05) is 5.56 Å². The highest BCUT2D eigenvalue weighted by Gasteiger charge is 2.39. The summed E-state index contributed by atoms with van der Waals surface area (Å²) < 4.78 is 34.8. The van der Waals surface area contributed by atoms with E-state index in [1.807, 2.05) is 12.1 Å². The Balaban J connectivity index is 1.32. The van der Waals surface area contributed by atoms with Crippen LogP contribution in [0.15, 0.2) is 48.0 Å². The highest BCUT2D eigenvalue weighted by atomic mass is 19.2. The first-order chi connectivity index (χ1) is 16.6. The molecule has 0 aliphatic heterocycles. The van der Waals surface area contributed by atoms with Crippen LogP contribution in [0.25, 0.3) is 11.1 Å². The van der Waals surface area contributed by atoms with Crippen LogP contribution in [0.5, 0.6) is 5.75 Å². The predicted molar refractivity (Wildman–Crippen MR) is 137 cm³/mol. The number of halogens is 2.